The summed E-state index contributed by atoms with van der Waals surface area (Å²) in [6, 6.07) is 32.4. The SMILES string of the molecule is CCCN(Cc1ccc(Oc2ccccc2)cc1)C(=O)NOC(=O)C1CCC1C(=O)ONC(=O)N(CCC)Cc1ccc(Oc2ccccc2)cc1. The van der Waals surface area contributed by atoms with Gasteiger partial charge in [0.2, 0.25) is 0 Å². The third-order valence-corrected chi connectivity index (χ3v) is 8.47. The number of hydroxylamine groups is 2. The number of nitrogens with one attached hydrogen (secondary N) is 2. The van der Waals surface area contributed by atoms with Crippen molar-refractivity contribution >= 4 is 24.0 Å². The number of ether oxygens (including phenoxy) is 2. The monoisotopic (exact) mass is 708 g/mol. The minimum atomic E-state index is -0.815. The van der Waals surface area contributed by atoms with Crippen molar-refractivity contribution in [2.24, 2.45) is 11.8 Å². The number of carbonyl (C=O) groups is 4. The summed E-state index contributed by atoms with van der Waals surface area (Å²) in [5.41, 5.74) is 6.20. The molecule has 2 N–H and O–H groups in total. The van der Waals surface area contributed by atoms with Crippen molar-refractivity contribution in [3.05, 3.63) is 120 Å². The van der Waals surface area contributed by atoms with Gasteiger partial charge in [0, 0.05) is 26.2 Å². The summed E-state index contributed by atoms with van der Waals surface area (Å²) in [4.78, 5) is 65.0. The summed E-state index contributed by atoms with van der Waals surface area (Å²) in [6.07, 6.45) is 2.13. The van der Waals surface area contributed by atoms with Gasteiger partial charge in [-0.2, -0.15) is 11.0 Å². The summed E-state index contributed by atoms with van der Waals surface area (Å²) < 4.78 is 11.7. The lowest BCUT2D eigenvalue weighted by atomic mass is 9.74. The molecule has 2 unspecified atom stereocenters. The number of hydrogen-bond donors (Lipinski definition) is 2. The number of para-hydroxylation sites is 2. The first-order valence-corrected chi connectivity index (χ1v) is 17.5. The van der Waals surface area contributed by atoms with Gasteiger partial charge in [0.15, 0.2) is 0 Å². The second kappa shape index (κ2) is 18.8. The number of benzene rings is 4. The molecule has 0 aromatic heterocycles. The van der Waals surface area contributed by atoms with Crippen molar-refractivity contribution in [1.29, 1.82) is 0 Å². The Morgan fingerprint density at radius 1 is 0.538 bits per heavy atom. The fraction of sp³-hybridized carbons (Fsp3) is 0.300. The molecule has 272 valence electrons. The Kier molecular flexibility index (Phi) is 13.5. The van der Waals surface area contributed by atoms with Gasteiger partial charge in [0.25, 0.3) is 0 Å². The molecule has 0 bridgehead atoms. The zero-order valence-electron chi connectivity index (χ0n) is 29.4. The molecule has 0 spiro atoms. The van der Waals surface area contributed by atoms with E-state index in [0.29, 0.717) is 50.3 Å². The molecule has 12 nitrogen and oxygen atoms in total. The molecule has 0 radical (unpaired) electrons. The van der Waals surface area contributed by atoms with Crippen LogP contribution in [0, 0.1) is 11.8 Å². The third-order valence-electron chi connectivity index (χ3n) is 8.47. The van der Waals surface area contributed by atoms with Gasteiger partial charge in [0.05, 0.1) is 11.8 Å². The predicted molar refractivity (Wildman–Crippen MR) is 193 cm³/mol. The Labute approximate surface area is 303 Å². The molecule has 0 aliphatic heterocycles. The van der Waals surface area contributed by atoms with Crippen LogP contribution in [0.5, 0.6) is 23.0 Å². The lowest BCUT2D eigenvalue weighted by molar-refractivity contribution is -0.173. The first-order valence-electron chi connectivity index (χ1n) is 17.5. The van der Waals surface area contributed by atoms with E-state index < -0.39 is 35.8 Å². The molecule has 1 fully saturated rings. The Hall–Kier alpha value is -6.04. The first kappa shape index (κ1) is 37.2. The lowest BCUT2D eigenvalue weighted by Gasteiger charge is -2.32. The number of amides is 4. The van der Waals surface area contributed by atoms with Gasteiger partial charge < -0.3 is 28.9 Å². The summed E-state index contributed by atoms with van der Waals surface area (Å²) in [5.74, 6) is -0.360. The molecular weight excluding hydrogens is 664 g/mol. The molecule has 0 heterocycles. The third kappa shape index (κ3) is 10.7. The zero-order valence-corrected chi connectivity index (χ0v) is 29.4. The minimum Gasteiger partial charge on any atom is -0.457 e. The van der Waals surface area contributed by atoms with Gasteiger partial charge in [0.1, 0.15) is 23.0 Å². The van der Waals surface area contributed by atoms with Crippen LogP contribution in [0.1, 0.15) is 50.7 Å². The van der Waals surface area contributed by atoms with Crippen LogP contribution in [-0.4, -0.2) is 46.9 Å². The number of urea groups is 2. The highest BCUT2D eigenvalue weighted by molar-refractivity contribution is 5.85. The Morgan fingerprint density at radius 2 is 0.885 bits per heavy atom. The quantitative estimate of drug-likeness (QED) is 0.127. The van der Waals surface area contributed by atoms with Gasteiger partial charge in [-0.3, -0.25) is 0 Å². The Morgan fingerprint density at radius 3 is 1.21 bits per heavy atom. The smallest absolute Gasteiger partial charge is 0.350 e. The van der Waals surface area contributed by atoms with E-state index in [4.69, 9.17) is 19.1 Å². The molecule has 4 aromatic rings. The molecule has 5 rings (SSSR count). The maximum absolute atomic E-state index is 13.0. The highest BCUT2D eigenvalue weighted by Gasteiger charge is 2.44. The molecule has 1 aliphatic rings. The van der Waals surface area contributed by atoms with Crippen molar-refractivity contribution in [2.45, 2.75) is 52.6 Å². The van der Waals surface area contributed by atoms with Gasteiger partial charge in [-0.1, -0.05) is 74.5 Å². The van der Waals surface area contributed by atoms with Crippen LogP contribution >= 0.6 is 0 Å². The van der Waals surface area contributed by atoms with E-state index in [9.17, 15) is 19.2 Å². The largest absolute Gasteiger partial charge is 0.457 e. The number of carbonyl (C=O) groups excluding carboxylic acids is 4. The number of rotatable bonds is 14. The average molecular weight is 709 g/mol. The van der Waals surface area contributed by atoms with Crippen molar-refractivity contribution in [1.82, 2.24) is 20.8 Å². The van der Waals surface area contributed by atoms with Crippen LogP contribution in [0.2, 0.25) is 0 Å². The van der Waals surface area contributed by atoms with E-state index in [2.05, 4.69) is 11.0 Å². The van der Waals surface area contributed by atoms with Gasteiger partial charge in [-0.25, -0.2) is 19.2 Å². The highest BCUT2D eigenvalue weighted by Crippen LogP contribution is 2.36. The Bertz CT molecular complexity index is 1620. The molecule has 4 aromatic carbocycles. The average Bonchev–Trinajstić information content (AvgIpc) is 3.14. The molecule has 2 atom stereocenters. The number of hydrogen-bond acceptors (Lipinski definition) is 8. The van der Waals surface area contributed by atoms with Gasteiger partial charge in [-0.15, -0.1) is 0 Å². The summed E-state index contributed by atoms with van der Waals surface area (Å²) >= 11 is 0. The second-order valence-corrected chi connectivity index (χ2v) is 12.4. The molecule has 1 aliphatic carbocycles. The van der Waals surface area contributed by atoms with E-state index >= 15 is 0 Å². The van der Waals surface area contributed by atoms with Crippen LogP contribution in [0.3, 0.4) is 0 Å². The van der Waals surface area contributed by atoms with Crippen molar-refractivity contribution in [3.63, 3.8) is 0 Å². The topological polar surface area (TPSA) is 136 Å². The molecule has 0 saturated heterocycles. The molecular formula is C40H44N4O8. The van der Waals surface area contributed by atoms with Crippen molar-refractivity contribution in [2.75, 3.05) is 13.1 Å². The van der Waals surface area contributed by atoms with Crippen molar-refractivity contribution < 1.29 is 38.3 Å². The molecule has 12 heteroatoms. The fourth-order valence-electron chi connectivity index (χ4n) is 5.59. The predicted octanol–water partition coefficient (Wildman–Crippen LogP) is 7.76. The number of nitrogens with zero attached hydrogens (tertiary/aromatic N) is 2. The normalized spacial score (nSPS) is 14.6. The molecule has 1 saturated carbocycles. The van der Waals surface area contributed by atoms with E-state index in [1.807, 2.05) is 123 Å². The van der Waals surface area contributed by atoms with Gasteiger partial charge in [-0.05, 0) is 85.3 Å². The maximum Gasteiger partial charge on any atom is 0.350 e. The maximum atomic E-state index is 13.0. The van der Waals surface area contributed by atoms with Crippen LogP contribution in [0.4, 0.5) is 9.59 Å². The Balaban J connectivity index is 1.05. The second-order valence-electron chi connectivity index (χ2n) is 12.4. The summed E-state index contributed by atoms with van der Waals surface area (Å²) in [7, 11) is 0. The zero-order chi connectivity index (χ0) is 36.7. The first-order chi connectivity index (χ1) is 25.3. The van der Waals surface area contributed by atoms with E-state index in [-0.39, 0.29) is 13.1 Å². The van der Waals surface area contributed by atoms with Crippen LogP contribution in [-0.2, 0) is 32.4 Å². The molecule has 52 heavy (non-hydrogen) atoms. The van der Waals surface area contributed by atoms with Crippen LogP contribution in [0.15, 0.2) is 109 Å². The van der Waals surface area contributed by atoms with Gasteiger partial charge >= 0.3 is 24.0 Å². The van der Waals surface area contributed by atoms with E-state index in [1.165, 1.54) is 9.80 Å². The highest BCUT2D eigenvalue weighted by atomic mass is 16.7. The van der Waals surface area contributed by atoms with E-state index in [1.54, 1.807) is 0 Å². The van der Waals surface area contributed by atoms with Crippen molar-refractivity contribution in [3.8, 4) is 23.0 Å². The van der Waals surface area contributed by atoms with Crippen LogP contribution < -0.4 is 20.4 Å². The summed E-state index contributed by atoms with van der Waals surface area (Å²) in [5, 5.41) is 0. The van der Waals surface area contributed by atoms with Crippen LogP contribution in [0.25, 0.3) is 0 Å². The lowest BCUT2D eigenvalue weighted by Crippen LogP contribution is -2.47. The molecule has 4 amide bonds. The summed E-state index contributed by atoms with van der Waals surface area (Å²) in [6.45, 7) is 5.29. The van der Waals surface area contributed by atoms with E-state index in [0.717, 1.165) is 22.6 Å². The standard InChI is InChI=1S/C40H44N4O8/c1-3-25-43(27-29-15-19-33(20-16-29)49-31-11-7-5-8-12-31)39(47)41-51-37(45)35-23-24-36(35)38(46)52-42-40(48)44(26-4-2)28-30-17-21-34(22-18-30)50-32-13-9-6-10-14-32/h5-22,35-36H,3-4,23-28H2,1-2H3,(H,41,47)(H,42,48). The fourth-order valence-corrected chi connectivity index (χ4v) is 5.59. The minimum absolute atomic E-state index is 0.282.